The minimum Gasteiger partial charge on any atom is -0.492 e. The molecule has 0 heterocycles. The van der Waals surface area contributed by atoms with Gasteiger partial charge in [0.05, 0.1) is 0 Å². The quantitative estimate of drug-likeness (QED) is 0.808. The summed E-state index contributed by atoms with van der Waals surface area (Å²) in [6, 6.07) is 16.2. The molecule has 0 bridgehead atoms. The Morgan fingerprint density at radius 3 is 2.65 bits per heavy atom. The Balaban J connectivity index is 1.80. The fourth-order valence-corrected chi connectivity index (χ4v) is 2.19. The van der Waals surface area contributed by atoms with Gasteiger partial charge in [0.15, 0.2) is 0 Å². The number of hydrogen-bond donors (Lipinski definition) is 1. The fourth-order valence-electron chi connectivity index (χ4n) is 1.82. The zero-order chi connectivity index (χ0) is 14.4. The highest BCUT2D eigenvalue weighted by molar-refractivity contribution is 9.10. The van der Waals surface area contributed by atoms with E-state index in [-0.39, 0.29) is 0 Å². The highest BCUT2D eigenvalue weighted by atomic mass is 79.9. The summed E-state index contributed by atoms with van der Waals surface area (Å²) in [5.74, 6) is 0.878. The predicted molar refractivity (Wildman–Crippen MR) is 88.9 cm³/mol. The van der Waals surface area contributed by atoms with E-state index in [1.165, 1.54) is 5.69 Å². The van der Waals surface area contributed by atoms with Crippen LogP contribution in [0.5, 0.6) is 5.75 Å². The summed E-state index contributed by atoms with van der Waals surface area (Å²) in [7, 11) is 4.07. The number of benzene rings is 2. The van der Waals surface area contributed by atoms with Crippen molar-refractivity contribution in [2.75, 3.05) is 37.5 Å². The van der Waals surface area contributed by atoms with Gasteiger partial charge in [0.25, 0.3) is 0 Å². The molecule has 3 nitrogen and oxygen atoms in total. The zero-order valence-corrected chi connectivity index (χ0v) is 13.4. The van der Waals surface area contributed by atoms with E-state index < -0.39 is 0 Å². The summed E-state index contributed by atoms with van der Waals surface area (Å²) < 4.78 is 6.71. The second-order valence-corrected chi connectivity index (χ2v) is 5.59. The van der Waals surface area contributed by atoms with Crippen LogP contribution in [0.4, 0.5) is 11.4 Å². The molecule has 0 unspecified atom stereocenters. The van der Waals surface area contributed by atoms with Gasteiger partial charge in [0.1, 0.15) is 12.4 Å². The van der Waals surface area contributed by atoms with Crippen molar-refractivity contribution in [3.05, 3.63) is 53.0 Å². The largest absolute Gasteiger partial charge is 0.492 e. The zero-order valence-electron chi connectivity index (χ0n) is 11.8. The van der Waals surface area contributed by atoms with Gasteiger partial charge in [-0.05, 0) is 36.4 Å². The molecule has 0 atom stereocenters. The Morgan fingerprint density at radius 1 is 1.10 bits per heavy atom. The van der Waals surface area contributed by atoms with Crippen LogP contribution < -0.4 is 15.0 Å². The van der Waals surface area contributed by atoms with Crippen molar-refractivity contribution in [1.82, 2.24) is 0 Å². The van der Waals surface area contributed by atoms with Gasteiger partial charge in [0.2, 0.25) is 0 Å². The molecule has 0 aromatic heterocycles. The first kappa shape index (κ1) is 14.7. The molecular formula is C16H19BrN2O. The summed E-state index contributed by atoms with van der Waals surface area (Å²) in [6.45, 7) is 1.39. The fraction of sp³-hybridized carbons (Fsp3) is 0.250. The van der Waals surface area contributed by atoms with E-state index in [0.29, 0.717) is 6.61 Å². The van der Waals surface area contributed by atoms with E-state index in [9.17, 15) is 0 Å². The molecular weight excluding hydrogens is 316 g/mol. The van der Waals surface area contributed by atoms with Gasteiger partial charge >= 0.3 is 0 Å². The minimum atomic E-state index is 0.628. The summed E-state index contributed by atoms with van der Waals surface area (Å²) >= 11 is 3.43. The average molecular weight is 335 g/mol. The molecule has 106 valence electrons. The van der Waals surface area contributed by atoms with Gasteiger partial charge in [-0.3, -0.25) is 0 Å². The van der Waals surface area contributed by atoms with Crippen molar-refractivity contribution < 1.29 is 4.74 Å². The van der Waals surface area contributed by atoms with E-state index in [1.807, 2.05) is 44.4 Å². The molecule has 0 saturated heterocycles. The lowest BCUT2D eigenvalue weighted by molar-refractivity contribution is 0.332. The first-order valence-corrected chi connectivity index (χ1v) is 7.34. The van der Waals surface area contributed by atoms with Gasteiger partial charge < -0.3 is 15.0 Å². The second kappa shape index (κ2) is 7.20. The van der Waals surface area contributed by atoms with Crippen molar-refractivity contribution in [1.29, 1.82) is 0 Å². The number of ether oxygens (including phenoxy) is 1. The second-order valence-electron chi connectivity index (χ2n) is 4.68. The molecule has 1 N–H and O–H groups in total. The third-order valence-electron chi connectivity index (χ3n) is 2.86. The lowest BCUT2D eigenvalue weighted by Gasteiger charge is -2.14. The van der Waals surface area contributed by atoms with Crippen molar-refractivity contribution in [3.63, 3.8) is 0 Å². The lowest BCUT2D eigenvalue weighted by atomic mass is 10.2. The van der Waals surface area contributed by atoms with Crippen molar-refractivity contribution >= 4 is 27.3 Å². The van der Waals surface area contributed by atoms with Crippen LogP contribution >= 0.6 is 15.9 Å². The standard InChI is InChI=1S/C16H19BrN2O/c1-19(2)15-7-4-6-14(12-15)18-9-10-20-16-8-3-5-13(17)11-16/h3-8,11-12,18H,9-10H2,1-2H3. The van der Waals surface area contributed by atoms with E-state index in [1.54, 1.807) is 0 Å². The summed E-state index contributed by atoms with van der Waals surface area (Å²) in [4.78, 5) is 2.09. The topological polar surface area (TPSA) is 24.5 Å². The van der Waals surface area contributed by atoms with Crippen LogP contribution in [0.3, 0.4) is 0 Å². The summed E-state index contributed by atoms with van der Waals surface area (Å²) in [5.41, 5.74) is 2.29. The lowest BCUT2D eigenvalue weighted by Crippen LogP contribution is -2.12. The van der Waals surface area contributed by atoms with Crippen LogP contribution in [-0.2, 0) is 0 Å². The molecule has 0 fully saturated rings. The average Bonchev–Trinajstić information content (AvgIpc) is 2.44. The number of anilines is 2. The van der Waals surface area contributed by atoms with Gasteiger partial charge in [-0.2, -0.15) is 0 Å². The van der Waals surface area contributed by atoms with Crippen LogP contribution in [0.15, 0.2) is 53.0 Å². The van der Waals surface area contributed by atoms with Crippen molar-refractivity contribution in [3.8, 4) is 5.75 Å². The number of nitrogens with zero attached hydrogens (tertiary/aromatic N) is 1. The van der Waals surface area contributed by atoms with Crippen LogP contribution in [0.1, 0.15) is 0 Å². The predicted octanol–water partition coefficient (Wildman–Crippen LogP) is 4.01. The Kier molecular flexibility index (Phi) is 5.30. The maximum Gasteiger partial charge on any atom is 0.120 e. The normalized spacial score (nSPS) is 10.2. The molecule has 2 aromatic carbocycles. The van der Waals surface area contributed by atoms with Crippen molar-refractivity contribution in [2.45, 2.75) is 0 Å². The van der Waals surface area contributed by atoms with Crippen LogP contribution in [0.2, 0.25) is 0 Å². The number of halogens is 1. The van der Waals surface area contributed by atoms with Gasteiger partial charge in [-0.1, -0.05) is 28.1 Å². The third kappa shape index (κ3) is 4.46. The minimum absolute atomic E-state index is 0.628. The monoisotopic (exact) mass is 334 g/mol. The molecule has 0 aliphatic rings. The Labute approximate surface area is 128 Å². The molecule has 2 aromatic rings. The molecule has 0 aliphatic heterocycles. The summed E-state index contributed by atoms with van der Waals surface area (Å²) in [5, 5.41) is 3.36. The van der Waals surface area contributed by atoms with Gasteiger partial charge in [-0.25, -0.2) is 0 Å². The molecule has 4 heteroatoms. The van der Waals surface area contributed by atoms with Crippen LogP contribution in [0.25, 0.3) is 0 Å². The van der Waals surface area contributed by atoms with Gasteiger partial charge in [-0.15, -0.1) is 0 Å². The number of nitrogens with one attached hydrogen (secondary N) is 1. The Morgan fingerprint density at radius 2 is 1.90 bits per heavy atom. The smallest absolute Gasteiger partial charge is 0.120 e. The molecule has 0 amide bonds. The maximum absolute atomic E-state index is 5.68. The van der Waals surface area contributed by atoms with Crippen LogP contribution in [-0.4, -0.2) is 27.2 Å². The third-order valence-corrected chi connectivity index (χ3v) is 3.35. The highest BCUT2D eigenvalue weighted by Crippen LogP contribution is 2.18. The molecule has 2 rings (SSSR count). The van der Waals surface area contributed by atoms with Crippen molar-refractivity contribution in [2.24, 2.45) is 0 Å². The SMILES string of the molecule is CN(C)c1cccc(NCCOc2cccc(Br)c2)c1. The van der Waals surface area contributed by atoms with Gasteiger partial charge in [0, 0.05) is 36.5 Å². The first-order valence-electron chi connectivity index (χ1n) is 6.55. The number of hydrogen-bond acceptors (Lipinski definition) is 3. The molecule has 20 heavy (non-hydrogen) atoms. The Hall–Kier alpha value is -1.68. The first-order chi connectivity index (χ1) is 9.65. The Bertz CT molecular complexity index is 558. The number of rotatable bonds is 6. The summed E-state index contributed by atoms with van der Waals surface area (Å²) in [6.07, 6.45) is 0. The van der Waals surface area contributed by atoms with E-state index >= 15 is 0 Å². The van der Waals surface area contributed by atoms with Crippen LogP contribution in [0, 0.1) is 0 Å². The molecule has 0 saturated carbocycles. The highest BCUT2D eigenvalue weighted by Gasteiger charge is 1.98. The molecule has 0 spiro atoms. The molecule has 0 radical (unpaired) electrons. The molecule has 0 aliphatic carbocycles. The maximum atomic E-state index is 5.68. The van der Waals surface area contributed by atoms with E-state index in [2.05, 4.69) is 44.3 Å². The van der Waals surface area contributed by atoms with E-state index in [0.717, 1.165) is 22.5 Å². The van der Waals surface area contributed by atoms with E-state index in [4.69, 9.17) is 4.74 Å².